The normalized spacial score (nSPS) is 15.3. The van der Waals surface area contributed by atoms with Crippen LogP contribution in [0.5, 0.6) is 0 Å². The molecule has 0 amide bonds. The summed E-state index contributed by atoms with van der Waals surface area (Å²) in [4.78, 5) is 2.33. The van der Waals surface area contributed by atoms with E-state index >= 15 is 0 Å². The molecule has 0 aromatic carbocycles. The minimum absolute atomic E-state index is 0.00295. The molecular weight excluding hydrogens is 186 g/mol. The van der Waals surface area contributed by atoms with Crippen LogP contribution in [-0.2, 0) is 0 Å². The molecule has 0 saturated heterocycles. The van der Waals surface area contributed by atoms with Gasteiger partial charge in [0.15, 0.2) is 0 Å². The van der Waals surface area contributed by atoms with Crippen LogP contribution in [0.15, 0.2) is 0 Å². The monoisotopic (exact) mass is 211 g/mol. The molecule has 2 atom stereocenters. The minimum Gasteiger partial charge on any atom is -0.303 e. The van der Waals surface area contributed by atoms with E-state index in [0.717, 1.165) is 19.5 Å². The van der Waals surface area contributed by atoms with E-state index in [1.165, 1.54) is 0 Å². The van der Waals surface area contributed by atoms with Gasteiger partial charge in [0.2, 0.25) is 0 Å². The van der Waals surface area contributed by atoms with E-state index in [1.807, 2.05) is 6.92 Å². The van der Waals surface area contributed by atoms with Crippen LogP contribution in [0.2, 0.25) is 0 Å². The molecule has 0 aromatic heterocycles. The Morgan fingerprint density at radius 2 is 1.93 bits per heavy atom. The summed E-state index contributed by atoms with van der Waals surface area (Å²) in [5.41, 5.74) is 0. The lowest BCUT2D eigenvalue weighted by Gasteiger charge is -2.28. The van der Waals surface area contributed by atoms with Crippen molar-refractivity contribution in [3.05, 3.63) is 0 Å². The van der Waals surface area contributed by atoms with E-state index < -0.39 is 0 Å². The van der Waals surface area contributed by atoms with Crippen LogP contribution in [0.1, 0.15) is 34.1 Å². The van der Waals surface area contributed by atoms with Crippen LogP contribution in [0.25, 0.3) is 0 Å². The summed E-state index contributed by atoms with van der Waals surface area (Å²) in [6.45, 7) is 10.6. The zero-order valence-electron chi connectivity index (χ0n) is 10.7. The lowest BCUT2D eigenvalue weighted by molar-refractivity contribution is 0.202. The van der Waals surface area contributed by atoms with Gasteiger partial charge >= 0.3 is 0 Å². The average molecular weight is 211 g/mol. The number of nitrogens with one attached hydrogen (secondary N) is 1. The first kappa shape index (κ1) is 14.4. The Balaban J connectivity index is 3.88. The predicted octanol–water partition coefficient (Wildman–Crippen LogP) is 1.85. The summed E-state index contributed by atoms with van der Waals surface area (Å²) >= 11 is 0. The Labute approximate surface area is 94.5 Å². The molecule has 3 nitrogen and oxygen atoms in total. The van der Waals surface area contributed by atoms with E-state index in [1.54, 1.807) is 0 Å². The molecular formula is C12H25N3. The molecule has 0 bridgehead atoms. The second-order valence-corrected chi connectivity index (χ2v) is 4.49. The van der Waals surface area contributed by atoms with E-state index in [0.29, 0.717) is 12.0 Å². The number of rotatable bonds is 7. The summed E-state index contributed by atoms with van der Waals surface area (Å²) in [6.07, 6.45) is 0.901. The highest BCUT2D eigenvalue weighted by molar-refractivity contribution is 4.89. The third-order valence-electron chi connectivity index (χ3n) is 3.04. The second-order valence-electron chi connectivity index (χ2n) is 4.49. The van der Waals surface area contributed by atoms with Crippen LogP contribution in [0, 0.1) is 17.2 Å². The van der Waals surface area contributed by atoms with Crippen molar-refractivity contribution in [2.45, 2.75) is 46.2 Å². The van der Waals surface area contributed by atoms with Crippen molar-refractivity contribution in [3.8, 4) is 6.07 Å². The van der Waals surface area contributed by atoms with Crippen molar-refractivity contribution in [1.82, 2.24) is 10.2 Å². The van der Waals surface area contributed by atoms with Crippen LogP contribution < -0.4 is 5.32 Å². The van der Waals surface area contributed by atoms with Crippen LogP contribution in [-0.4, -0.2) is 37.1 Å². The SMILES string of the molecule is CCNC(C#N)CCN(C)C(C)C(C)C. The molecule has 3 heteroatoms. The lowest BCUT2D eigenvalue weighted by Crippen LogP contribution is -2.37. The van der Waals surface area contributed by atoms with Gasteiger partial charge in [0.25, 0.3) is 0 Å². The van der Waals surface area contributed by atoms with Gasteiger partial charge in [0.05, 0.1) is 12.1 Å². The molecule has 0 fully saturated rings. The molecule has 2 unspecified atom stereocenters. The van der Waals surface area contributed by atoms with E-state index in [-0.39, 0.29) is 6.04 Å². The topological polar surface area (TPSA) is 39.1 Å². The summed E-state index contributed by atoms with van der Waals surface area (Å²) in [5.74, 6) is 0.662. The second kappa shape index (κ2) is 7.67. The van der Waals surface area contributed by atoms with Gasteiger partial charge in [0.1, 0.15) is 0 Å². The maximum absolute atomic E-state index is 8.89. The Kier molecular flexibility index (Phi) is 7.37. The Morgan fingerprint density at radius 1 is 1.33 bits per heavy atom. The maximum Gasteiger partial charge on any atom is 0.0965 e. The van der Waals surface area contributed by atoms with Crippen LogP contribution >= 0.6 is 0 Å². The molecule has 0 spiro atoms. The fraction of sp³-hybridized carbons (Fsp3) is 0.917. The van der Waals surface area contributed by atoms with Gasteiger partial charge in [0, 0.05) is 12.6 Å². The number of nitrogens with zero attached hydrogens (tertiary/aromatic N) is 2. The quantitative estimate of drug-likeness (QED) is 0.698. The van der Waals surface area contributed by atoms with Gasteiger partial charge in [-0.15, -0.1) is 0 Å². The Hall–Kier alpha value is -0.590. The molecule has 0 aromatic rings. The zero-order chi connectivity index (χ0) is 11.8. The summed E-state index contributed by atoms with van der Waals surface area (Å²) in [6, 6.07) is 2.86. The molecule has 1 N–H and O–H groups in total. The van der Waals surface area contributed by atoms with Crippen molar-refractivity contribution in [1.29, 1.82) is 5.26 Å². The van der Waals surface area contributed by atoms with Crippen LogP contribution in [0.3, 0.4) is 0 Å². The lowest BCUT2D eigenvalue weighted by atomic mass is 10.0. The van der Waals surface area contributed by atoms with Crippen molar-refractivity contribution >= 4 is 0 Å². The Bertz CT molecular complexity index is 196. The highest BCUT2D eigenvalue weighted by Gasteiger charge is 2.14. The molecule has 0 aliphatic carbocycles. The maximum atomic E-state index is 8.89. The van der Waals surface area contributed by atoms with Gasteiger partial charge < -0.3 is 10.2 Å². The molecule has 0 aliphatic heterocycles. The molecule has 0 aliphatic rings. The van der Waals surface area contributed by atoms with E-state index in [4.69, 9.17) is 5.26 Å². The Morgan fingerprint density at radius 3 is 2.33 bits per heavy atom. The third kappa shape index (κ3) is 5.76. The third-order valence-corrected chi connectivity index (χ3v) is 3.04. The first-order valence-corrected chi connectivity index (χ1v) is 5.86. The summed E-state index contributed by atoms with van der Waals surface area (Å²) in [5, 5.41) is 12.1. The predicted molar refractivity (Wildman–Crippen MR) is 64.6 cm³/mol. The van der Waals surface area contributed by atoms with Gasteiger partial charge in [-0.25, -0.2) is 0 Å². The van der Waals surface area contributed by atoms with E-state index in [2.05, 4.69) is 44.1 Å². The number of nitriles is 1. The molecule has 0 heterocycles. The molecule has 0 saturated carbocycles. The standard InChI is InChI=1S/C12H25N3/c1-6-14-12(9-13)7-8-15(5)11(4)10(2)3/h10-12,14H,6-8H2,1-5H3. The number of hydrogen-bond donors (Lipinski definition) is 1. The van der Waals surface area contributed by atoms with Crippen LogP contribution in [0.4, 0.5) is 0 Å². The molecule has 88 valence electrons. The fourth-order valence-electron chi connectivity index (χ4n) is 1.50. The molecule has 0 rings (SSSR count). The van der Waals surface area contributed by atoms with Crippen molar-refractivity contribution in [2.24, 2.45) is 5.92 Å². The highest BCUT2D eigenvalue weighted by Crippen LogP contribution is 2.08. The smallest absolute Gasteiger partial charge is 0.0965 e. The van der Waals surface area contributed by atoms with Gasteiger partial charge in [-0.05, 0) is 32.9 Å². The number of hydrogen-bond acceptors (Lipinski definition) is 3. The highest BCUT2D eigenvalue weighted by atomic mass is 15.1. The van der Waals surface area contributed by atoms with E-state index in [9.17, 15) is 0 Å². The average Bonchev–Trinajstić information content (AvgIpc) is 2.22. The van der Waals surface area contributed by atoms with Gasteiger partial charge in [-0.2, -0.15) is 5.26 Å². The summed E-state index contributed by atoms with van der Waals surface area (Å²) < 4.78 is 0. The zero-order valence-corrected chi connectivity index (χ0v) is 10.7. The van der Waals surface area contributed by atoms with Gasteiger partial charge in [-0.3, -0.25) is 0 Å². The van der Waals surface area contributed by atoms with Gasteiger partial charge in [-0.1, -0.05) is 20.8 Å². The van der Waals surface area contributed by atoms with Crippen molar-refractivity contribution in [3.63, 3.8) is 0 Å². The minimum atomic E-state index is -0.00295. The molecule has 0 radical (unpaired) electrons. The van der Waals surface area contributed by atoms with Crippen molar-refractivity contribution < 1.29 is 0 Å². The summed E-state index contributed by atoms with van der Waals surface area (Å²) in [7, 11) is 2.13. The largest absolute Gasteiger partial charge is 0.303 e. The van der Waals surface area contributed by atoms with Crippen molar-refractivity contribution in [2.75, 3.05) is 20.1 Å². The first-order chi connectivity index (χ1) is 7.02. The first-order valence-electron chi connectivity index (χ1n) is 5.86. The fourth-order valence-corrected chi connectivity index (χ4v) is 1.50. The molecule has 15 heavy (non-hydrogen) atoms.